The number of aryl methyl sites for hydroxylation is 1. The van der Waals surface area contributed by atoms with Gasteiger partial charge in [-0.05, 0) is 38.3 Å². The number of nitrogens with zero attached hydrogens (tertiary/aromatic N) is 4. The van der Waals surface area contributed by atoms with Gasteiger partial charge in [-0.3, -0.25) is 4.79 Å². The summed E-state index contributed by atoms with van der Waals surface area (Å²) in [6.45, 7) is 2.05. The Morgan fingerprint density at radius 2 is 1.92 bits per heavy atom. The van der Waals surface area contributed by atoms with Gasteiger partial charge >= 0.3 is 5.97 Å². The second-order valence-corrected chi connectivity index (χ2v) is 6.63. The van der Waals surface area contributed by atoms with Gasteiger partial charge in [-0.2, -0.15) is 0 Å². The number of aromatic nitrogens is 3. The maximum atomic E-state index is 12.7. The van der Waals surface area contributed by atoms with Gasteiger partial charge in [0.25, 0.3) is 5.91 Å². The molecule has 7 nitrogen and oxygen atoms in total. The third kappa shape index (κ3) is 3.34. The predicted molar refractivity (Wildman–Crippen MR) is 92.4 cm³/mol. The molecule has 1 aromatic carbocycles. The van der Waals surface area contributed by atoms with E-state index in [2.05, 4.69) is 10.1 Å². The van der Waals surface area contributed by atoms with Gasteiger partial charge in [-0.15, -0.1) is 5.10 Å². The van der Waals surface area contributed by atoms with Gasteiger partial charge in [0.2, 0.25) is 5.82 Å². The van der Waals surface area contributed by atoms with Crippen molar-refractivity contribution < 1.29 is 14.7 Å². The topological polar surface area (TPSA) is 88.3 Å². The van der Waals surface area contributed by atoms with Gasteiger partial charge in [-0.1, -0.05) is 29.3 Å². The van der Waals surface area contributed by atoms with Crippen molar-refractivity contribution in [3.63, 3.8) is 0 Å². The van der Waals surface area contributed by atoms with Gasteiger partial charge in [0, 0.05) is 6.54 Å². The number of likely N-dealkylation sites (tertiary alicyclic amines) is 1. The summed E-state index contributed by atoms with van der Waals surface area (Å²) in [6.07, 6.45) is 1.96. The van der Waals surface area contributed by atoms with Crippen LogP contribution in [0, 0.1) is 6.92 Å². The summed E-state index contributed by atoms with van der Waals surface area (Å²) in [5, 5.41) is 14.3. The molecule has 0 radical (unpaired) electrons. The van der Waals surface area contributed by atoms with Crippen LogP contribution in [0.4, 0.5) is 0 Å². The monoisotopic (exact) mass is 382 g/mol. The van der Waals surface area contributed by atoms with Crippen LogP contribution in [-0.4, -0.2) is 49.2 Å². The van der Waals surface area contributed by atoms with Crippen molar-refractivity contribution in [2.75, 3.05) is 6.54 Å². The Labute approximate surface area is 154 Å². The maximum absolute atomic E-state index is 12.7. The number of piperidine rings is 1. The first-order valence-electron chi connectivity index (χ1n) is 7.82. The van der Waals surface area contributed by atoms with Crippen LogP contribution in [0.1, 0.15) is 35.7 Å². The van der Waals surface area contributed by atoms with Crippen LogP contribution < -0.4 is 0 Å². The number of benzene rings is 1. The standard InChI is InChI=1S/C16H16Cl2N4O3/c1-9-19-14(15(23)21-8-3-2-7-12(21)16(24)25)20-22(9)13-10(17)5-4-6-11(13)18/h4-6,12H,2-3,7-8H2,1H3,(H,24,25)/t12-/m1/s1. The van der Waals surface area contributed by atoms with Crippen molar-refractivity contribution in [2.45, 2.75) is 32.2 Å². The average Bonchev–Trinajstić information content (AvgIpc) is 2.95. The van der Waals surface area contributed by atoms with Crippen molar-refractivity contribution in [2.24, 2.45) is 0 Å². The first-order valence-corrected chi connectivity index (χ1v) is 8.57. The molecular weight excluding hydrogens is 367 g/mol. The molecule has 1 amide bonds. The van der Waals surface area contributed by atoms with E-state index in [0.717, 1.165) is 12.8 Å². The second kappa shape index (κ2) is 7.01. The lowest BCUT2D eigenvalue weighted by atomic mass is 10.0. The van der Waals surface area contributed by atoms with Gasteiger partial charge in [0.05, 0.1) is 10.0 Å². The lowest BCUT2D eigenvalue weighted by Gasteiger charge is -2.31. The van der Waals surface area contributed by atoms with Gasteiger partial charge in [0.1, 0.15) is 17.6 Å². The number of halogens is 2. The molecule has 0 spiro atoms. The zero-order valence-electron chi connectivity index (χ0n) is 13.4. The molecule has 1 fully saturated rings. The lowest BCUT2D eigenvalue weighted by Crippen LogP contribution is -2.48. The van der Waals surface area contributed by atoms with Crippen LogP contribution in [-0.2, 0) is 4.79 Å². The van der Waals surface area contributed by atoms with E-state index < -0.39 is 17.9 Å². The third-order valence-electron chi connectivity index (χ3n) is 4.16. The fourth-order valence-electron chi connectivity index (χ4n) is 2.94. The molecule has 2 heterocycles. The Hall–Kier alpha value is -2.12. The van der Waals surface area contributed by atoms with Crippen molar-refractivity contribution in [1.82, 2.24) is 19.7 Å². The molecule has 1 aliphatic heterocycles. The number of carboxylic acid groups (broad SMARTS) is 1. The zero-order chi connectivity index (χ0) is 18.1. The number of para-hydroxylation sites is 1. The highest BCUT2D eigenvalue weighted by atomic mass is 35.5. The second-order valence-electron chi connectivity index (χ2n) is 5.81. The van der Waals surface area contributed by atoms with Gasteiger partial charge in [-0.25, -0.2) is 14.5 Å². The number of hydrogen-bond donors (Lipinski definition) is 1. The number of aliphatic carboxylic acids is 1. The average molecular weight is 383 g/mol. The molecule has 0 saturated carbocycles. The molecule has 132 valence electrons. The molecule has 1 saturated heterocycles. The lowest BCUT2D eigenvalue weighted by molar-refractivity contribution is -0.143. The quantitative estimate of drug-likeness (QED) is 0.881. The van der Waals surface area contributed by atoms with E-state index in [0.29, 0.717) is 34.5 Å². The Morgan fingerprint density at radius 1 is 1.24 bits per heavy atom. The number of carbonyl (C=O) groups excluding carboxylic acids is 1. The zero-order valence-corrected chi connectivity index (χ0v) is 15.0. The van der Waals surface area contributed by atoms with E-state index in [-0.39, 0.29) is 5.82 Å². The first kappa shape index (κ1) is 17.7. The normalized spacial score (nSPS) is 17.6. The van der Waals surface area contributed by atoms with E-state index in [9.17, 15) is 14.7 Å². The van der Waals surface area contributed by atoms with Crippen molar-refractivity contribution in [3.8, 4) is 5.69 Å². The van der Waals surface area contributed by atoms with Crippen LogP contribution >= 0.6 is 23.2 Å². The fraction of sp³-hybridized carbons (Fsp3) is 0.375. The molecule has 0 unspecified atom stereocenters. The van der Waals surface area contributed by atoms with Crippen molar-refractivity contribution in [3.05, 3.63) is 39.9 Å². The van der Waals surface area contributed by atoms with E-state index in [1.807, 2.05) is 0 Å². The van der Waals surface area contributed by atoms with Crippen molar-refractivity contribution in [1.29, 1.82) is 0 Å². The van der Waals surface area contributed by atoms with E-state index in [4.69, 9.17) is 23.2 Å². The minimum Gasteiger partial charge on any atom is -0.480 e. The minimum atomic E-state index is -1.02. The molecule has 25 heavy (non-hydrogen) atoms. The summed E-state index contributed by atoms with van der Waals surface area (Å²) in [4.78, 5) is 29.7. The summed E-state index contributed by atoms with van der Waals surface area (Å²) < 4.78 is 1.40. The van der Waals surface area contributed by atoms with E-state index >= 15 is 0 Å². The van der Waals surface area contributed by atoms with Gasteiger partial charge < -0.3 is 10.0 Å². The highest BCUT2D eigenvalue weighted by Gasteiger charge is 2.34. The molecule has 1 atom stereocenters. The molecule has 0 aliphatic carbocycles. The third-order valence-corrected chi connectivity index (χ3v) is 4.77. The molecule has 1 aliphatic rings. The first-order chi connectivity index (χ1) is 11.9. The molecule has 0 bridgehead atoms. The Morgan fingerprint density at radius 3 is 2.56 bits per heavy atom. The number of carbonyl (C=O) groups is 2. The molecule has 2 aromatic rings. The smallest absolute Gasteiger partial charge is 0.326 e. The fourth-order valence-corrected chi connectivity index (χ4v) is 3.50. The summed E-state index contributed by atoms with van der Waals surface area (Å²) >= 11 is 12.4. The number of rotatable bonds is 3. The molecule has 1 aromatic heterocycles. The SMILES string of the molecule is Cc1nc(C(=O)N2CCCC[C@@H]2C(=O)O)nn1-c1c(Cl)cccc1Cl. The van der Waals surface area contributed by atoms with Crippen LogP contribution in [0.3, 0.4) is 0 Å². The Balaban J connectivity index is 1.97. The number of amides is 1. The molecule has 1 N–H and O–H groups in total. The van der Waals surface area contributed by atoms with E-state index in [1.54, 1.807) is 25.1 Å². The van der Waals surface area contributed by atoms with Crippen LogP contribution in [0.2, 0.25) is 10.0 Å². The van der Waals surface area contributed by atoms with Crippen LogP contribution in [0.5, 0.6) is 0 Å². The molecule has 3 rings (SSSR count). The summed E-state index contributed by atoms with van der Waals surface area (Å²) in [5.74, 6) is -1.15. The summed E-state index contributed by atoms with van der Waals surface area (Å²) in [7, 11) is 0. The minimum absolute atomic E-state index is 0.0679. The van der Waals surface area contributed by atoms with Crippen molar-refractivity contribution >= 4 is 35.1 Å². The van der Waals surface area contributed by atoms with Crippen LogP contribution in [0.25, 0.3) is 5.69 Å². The van der Waals surface area contributed by atoms with Gasteiger partial charge in [0.15, 0.2) is 0 Å². The summed E-state index contributed by atoms with van der Waals surface area (Å²) in [5.41, 5.74) is 0.434. The highest BCUT2D eigenvalue weighted by molar-refractivity contribution is 6.37. The molecule has 9 heteroatoms. The maximum Gasteiger partial charge on any atom is 0.326 e. The largest absolute Gasteiger partial charge is 0.480 e. The van der Waals surface area contributed by atoms with E-state index in [1.165, 1.54) is 9.58 Å². The molecular formula is C16H16Cl2N4O3. The predicted octanol–water partition coefficient (Wildman–Crippen LogP) is 2.96. The highest BCUT2D eigenvalue weighted by Crippen LogP contribution is 2.29. The Bertz CT molecular complexity index is 817. The summed E-state index contributed by atoms with van der Waals surface area (Å²) in [6, 6.07) is 4.18. The Kier molecular flexibility index (Phi) is 4.96. The van der Waals surface area contributed by atoms with Crippen LogP contribution in [0.15, 0.2) is 18.2 Å². The number of hydrogen-bond acceptors (Lipinski definition) is 4. The number of carboxylic acids is 1.